The molecule has 0 aliphatic rings. The van der Waals surface area contributed by atoms with Gasteiger partial charge in [-0.15, -0.1) is 12.4 Å². The molecule has 0 amide bonds. The Morgan fingerprint density at radius 3 is 2.33 bits per heavy atom. The van der Waals surface area contributed by atoms with Crippen molar-refractivity contribution in [2.24, 2.45) is 0 Å². The Hall–Kier alpha value is -0.540. The van der Waals surface area contributed by atoms with Gasteiger partial charge in [-0.2, -0.15) is 13.2 Å². The number of halogens is 5. The molecule has 122 valence electrons. The van der Waals surface area contributed by atoms with Crippen LogP contribution in [-0.2, 0) is 16.2 Å². The Bertz CT molecular complexity index is 565. The van der Waals surface area contributed by atoms with E-state index in [4.69, 9.17) is 11.6 Å². The van der Waals surface area contributed by atoms with Crippen LogP contribution in [0.3, 0.4) is 0 Å². The Morgan fingerprint density at radius 1 is 1.24 bits per heavy atom. The highest BCUT2D eigenvalue weighted by Crippen LogP contribution is 2.33. The summed E-state index contributed by atoms with van der Waals surface area (Å²) < 4.78 is 63.4. The molecule has 0 radical (unpaired) electrons. The first kappa shape index (κ1) is 20.5. The highest BCUT2D eigenvalue weighted by Gasteiger charge is 2.32. The van der Waals surface area contributed by atoms with Crippen LogP contribution in [0.1, 0.15) is 12.5 Å². The average molecular weight is 367 g/mol. The van der Waals surface area contributed by atoms with Crippen LogP contribution in [0.2, 0.25) is 5.02 Å². The van der Waals surface area contributed by atoms with Crippen molar-refractivity contribution >= 4 is 34.0 Å². The Balaban J connectivity index is 0.00000400. The third kappa shape index (κ3) is 5.99. The Labute approximate surface area is 132 Å². The number of rotatable bonds is 6. The van der Waals surface area contributed by atoms with E-state index in [1.165, 1.54) is 0 Å². The van der Waals surface area contributed by atoms with Gasteiger partial charge >= 0.3 is 6.18 Å². The third-order valence-electron chi connectivity index (χ3n) is 2.39. The minimum Gasteiger partial charge on any atom is -0.316 e. The Morgan fingerprint density at radius 2 is 1.86 bits per heavy atom. The average Bonchev–Trinajstić information content (AvgIpc) is 2.33. The van der Waals surface area contributed by atoms with Gasteiger partial charge in [0.05, 0.1) is 10.6 Å². The van der Waals surface area contributed by atoms with Crippen molar-refractivity contribution in [3.05, 3.63) is 28.8 Å². The van der Waals surface area contributed by atoms with Gasteiger partial charge in [-0.1, -0.05) is 18.5 Å². The van der Waals surface area contributed by atoms with Crippen molar-refractivity contribution in [2.75, 3.05) is 19.6 Å². The summed E-state index contributed by atoms with van der Waals surface area (Å²) in [5.41, 5.74) is -0.992. The number of sulfonamides is 1. The summed E-state index contributed by atoms with van der Waals surface area (Å²) in [6.07, 6.45) is -4.57. The van der Waals surface area contributed by atoms with E-state index in [2.05, 4.69) is 10.0 Å². The fourth-order valence-electron chi connectivity index (χ4n) is 1.42. The monoisotopic (exact) mass is 366 g/mol. The van der Waals surface area contributed by atoms with E-state index >= 15 is 0 Å². The lowest BCUT2D eigenvalue weighted by atomic mass is 10.2. The lowest BCUT2D eigenvalue weighted by Crippen LogP contribution is -2.32. The standard InChI is InChI=1S/C11H14ClF3N2O2S.ClH/c1-2-16-5-6-17-20(18,19)10-4-3-8(7-9(10)12)11(13,14)15;/h3-4,7,16-17H,2,5-6H2,1H3;1H. The lowest BCUT2D eigenvalue weighted by molar-refractivity contribution is -0.137. The van der Waals surface area contributed by atoms with Crippen LogP contribution in [-0.4, -0.2) is 28.1 Å². The first-order chi connectivity index (χ1) is 9.18. The van der Waals surface area contributed by atoms with Crippen LogP contribution in [0.5, 0.6) is 0 Å². The molecule has 21 heavy (non-hydrogen) atoms. The van der Waals surface area contributed by atoms with Gasteiger partial charge in [0.25, 0.3) is 0 Å². The summed E-state index contributed by atoms with van der Waals surface area (Å²) in [6, 6.07) is 2.13. The van der Waals surface area contributed by atoms with Gasteiger partial charge in [-0.3, -0.25) is 0 Å². The maximum absolute atomic E-state index is 12.5. The fraction of sp³-hybridized carbons (Fsp3) is 0.455. The molecule has 0 spiro atoms. The van der Waals surface area contributed by atoms with Gasteiger partial charge in [-0.25, -0.2) is 13.1 Å². The van der Waals surface area contributed by atoms with Gasteiger partial charge in [0.2, 0.25) is 10.0 Å². The van der Waals surface area contributed by atoms with Gasteiger partial charge in [-0.05, 0) is 24.7 Å². The summed E-state index contributed by atoms with van der Waals surface area (Å²) >= 11 is 5.63. The molecule has 0 aliphatic heterocycles. The van der Waals surface area contributed by atoms with Crippen molar-refractivity contribution in [1.82, 2.24) is 10.0 Å². The molecule has 0 atom stereocenters. The van der Waals surface area contributed by atoms with Crippen molar-refractivity contribution in [3.8, 4) is 0 Å². The lowest BCUT2D eigenvalue weighted by Gasteiger charge is -2.11. The van der Waals surface area contributed by atoms with E-state index in [0.717, 1.165) is 6.07 Å². The summed E-state index contributed by atoms with van der Waals surface area (Å²) in [6.45, 7) is 3.07. The van der Waals surface area contributed by atoms with Crippen molar-refractivity contribution < 1.29 is 21.6 Å². The molecular weight excluding hydrogens is 352 g/mol. The van der Waals surface area contributed by atoms with E-state index in [1.807, 2.05) is 6.92 Å². The Kier molecular flexibility index (Phi) is 7.98. The van der Waals surface area contributed by atoms with E-state index < -0.39 is 26.8 Å². The SMILES string of the molecule is CCNCCNS(=O)(=O)c1ccc(C(F)(F)F)cc1Cl.Cl. The van der Waals surface area contributed by atoms with Crippen LogP contribution in [0.4, 0.5) is 13.2 Å². The second kappa shape index (κ2) is 8.19. The van der Waals surface area contributed by atoms with E-state index in [1.54, 1.807) is 0 Å². The summed E-state index contributed by atoms with van der Waals surface area (Å²) in [7, 11) is -3.92. The molecule has 0 saturated heterocycles. The molecule has 0 unspecified atom stereocenters. The maximum Gasteiger partial charge on any atom is 0.416 e. The molecule has 4 nitrogen and oxygen atoms in total. The number of likely N-dealkylation sites (N-methyl/N-ethyl adjacent to an activating group) is 1. The van der Waals surface area contributed by atoms with Gasteiger partial charge < -0.3 is 5.32 Å². The summed E-state index contributed by atoms with van der Waals surface area (Å²) in [5.74, 6) is 0. The first-order valence-corrected chi connectivity index (χ1v) is 7.61. The molecule has 10 heteroatoms. The van der Waals surface area contributed by atoms with Crippen LogP contribution < -0.4 is 10.0 Å². The van der Waals surface area contributed by atoms with Crippen LogP contribution >= 0.6 is 24.0 Å². The molecule has 0 bridgehead atoms. The van der Waals surface area contributed by atoms with Crippen molar-refractivity contribution in [3.63, 3.8) is 0 Å². The second-order valence-electron chi connectivity index (χ2n) is 3.89. The fourth-order valence-corrected chi connectivity index (χ4v) is 3.00. The third-order valence-corrected chi connectivity index (χ3v) is 4.34. The highest BCUT2D eigenvalue weighted by atomic mass is 35.5. The van der Waals surface area contributed by atoms with Gasteiger partial charge in [0, 0.05) is 13.1 Å². The topological polar surface area (TPSA) is 58.2 Å². The molecule has 1 aromatic carbocycles. The minimum absolute atomic E-state index is 0. The molecule has 0 aliphatic carbocycles. The van der Waals surface area contributed by atoms with Crippen molar-refractivity contribution in [2.45, 2.75) is 18.0 Å². The summed E-state index contributed by atoms with van der Waals surface area (Å²) in [4.78, 5) is -0.372. The van der Waals surface area contributed by atoms with Crippen LogP contribution in [0.25, 0.3) is 0 Å². The molecule has 0 saturated carbocycles. The minimum atomic E-state index is -4.57. The predicted octanol–water partition coefficient (Wildman–Crippen LogP) is 2.67. The van der Waals surface area contributed by atoms with E-state index in [-0.39, 0.29) is 23.8 Å². The number of hydrogen-bond acceptors (Lipinski definition) is 3. The molecule has 0 heterocycles. The maximum atomic E-state index is 12.5. The number of benzene rings is 1. The highest BCUT2D eigenvalue weighted by molar-refractivity contribution is 7.89. The van der Waals surface area contributed by atoms with E-state index in [9.17, 15) is 21.6 Å². The van der Waals surface area contributed by atoms with Crippen LogP contribution in [0.15, 0.2) is 23.1 Å². The van der Waals surface area contributed by atoms with E-state index in [0.29, 0.717) is 25.2 Å². The quantitative estimate of drug-likeness (QED) is 0.761. The second-order valence-corrected chi connectivity index (χ2v) is 6.04. The smallest absolute Gasteiger partial charge is 0.316 e. The van der Waals surface area contributed by atoms with Gasteiger partial charge in [0.15, 0.2) is 0 Å². The number of hydrogen-bond donors (Lipinski definition) is 2. The molecular formula is C11H15Cl2F3N2O2S. The van der Waals surface area contributed by atoms with Crippen LogP contribution in [0, 0.1) is 0 Å². The first-order valence-electron chi connectivity index (χ1n) is 5.75. The molecule has 1 rings (SSSR count). The van der Waals surface area contributed by atoms with Gasteiger partial charge in [0.1, 0.15) is 4.90 Å². The molecule has 0 aromatic heterocycles. The zero-order valence-corrected chi connectivity index (χ0v) is 13.4. The number of nitrogens with one attached hydrogen (secondary N) is 2. The zero-order chi connectivity index (χ0) is 15.4. The number of alkyl halides is 3. The summed E-state index contributed by atoms with van der Waals surface area (Å²) in [5, 5.41) is 2.44. The normalized spacial score (nSPS) is 12.0. The zero-order valence-electron chi connectivity index (χ0n) is 11.0. The molecule has 2 N–H and O–H groups in total. The molecule has 1 aromatic rings. The van der Waals surface area contributed by atoms with Crippen molar-refractivity contribution in [1.29, 1.82) is 0 Å². The largest absolute Gasteiger partial charge is 0.416 e. The predicted molar refractivity (Wildman–Crippen MR) is 77.4 cm³/mol. The molecule has 0 fully saturated rings.